The number of rotatable bonds is 9. The van der Waals surface area contributed by atoms with E-state index in [-0.39, 0.29) is 5.38 Å². The maximum absolute atomic E-state index is 13.1. The summed E-state index contributed by atoms with van der Waals surface area (Å²) in [5.74, 6) is -1.31. The van der Waals surface area contributed by atoms with Gasteiger partial charge in [-0.2, -0.15) is 0 Å². The molecule has 172 valence electrons. The number of methoxy groups -OCH3 is 1. The van der Waals surface area contributed by atoms with E-state index in [1.54, 1.807) is 19.5 Å². The van der Waals surface area contributed by atoms with Gasteiger partial charge < -0.3 is 20.7 Å². The van der Waals surface area contributed by atoms with Gasteiger partial charge in [-0.1, -0.05) is 5.18 Å². The van der Waals surface area contributed by atoms with E-state index in [9.17, 15) is 9.70 Å². The summed E-state index contributed by atoms with van der Waals surface area (Å²) in [6, 6.07) is 1.88. The number of carbonyl (C=O) groups excluding carboxylic acids is 1. The zero-order valence-corrected chi connectivity index (χ0v) is 18.4. The predicted molar refractivity (Wildman–Crippen MR) is 120 cm³/mol. The van der Waals surface area contributed by atoms with E-state index in [0.717, 1.165) is 38.4 Å². The van der Waals surface area contributed by atoms with Crippen molar-refractivity contribution in [3.05, 3.63) is 23.4 Å². The van der Waals surface area contributed by atoms with Crippen molar-refractivity contribution < 1.29 is 9.53 Å². The van der Waals surface area contributed by atoms with Crippen molar-refractivity contribution in [2.24, 2.45) is 16.8 Å². The Kier molecular flexibility index (Phi) is 8.93. The Bertz CT molecular complexity index is 726. The number of carbonyl (C=O) groups is 1. The summed E-state index contributed by atoms with van der Waals surface area (Å²) in [7, 11) is 1.70. The standard InChI is InChI=1S/C19H31ClN8O3/c1-31-9-8-27-4-6-28(7-5-27)15-2-3-22-12-14(15)25-19(29)16(17(21)26-30)18-23-10-13(20)11-24-18/h2-3,12-13,16-18,23-24H,4-11,21H2,1H3,(H,25,29). The highest BCUT2D eigenvalue weighted by Gasteiger charge is 2.37. The summed E-state index contributed by atoms with van der Waals surface area (Å²) < 4.78 is 5.16. The molecule has 0 aliphatic carbocycles. The lowest BCUT2D eigenvalue weighted by Gasteiger charge is -2.37. The van der Waals surface area contributed by atoms with E-state index < -0.39 is 24.2 Å². The van der Waals surface area contributed by atoms with Gasteiger partial charge >= 0.3 is 0 Å². The number of nitrogens with zero attached hydrogens (tertiary/aromatic N) is 4. The molecule has 2 atom stereocenters. The molecular weight excluding hydrogens is 424 g/mol. The van der Waals surface area contributed by atoms with Crippen LogP contribution in [0.4, 0.5) is 11.4 Å². The Hall–Kier alpha value is -1.89. The first-order chi connectivity index (χ1) is 15.0. The van der Waals surface area contributed by atoms with Crippen molar-refractivity contribution in [3.63, 3.8) is 0 Å². The molecule has 0 saturated carbocycles. The second-order valence-corrected chi connectivity index (χ2v) is 8.33. The molecule has 2 aliphatic heterocycles. The molecule has 12 heteroatoms. The van der Waals surface area contributed by atoms with Crippen molar-refractivity contribution >= 4 is 28.9 Å². The minimum atomic E-state index is -1.21. The minimum absolute atomic E-state index is 0.104. The van der Waals surface area contributed by atoms with Crippen LogP contribution in [-0.2, 0) is 9.53 Å². The summed E-state index contributed by atoms with van der Waals surface area (Å²) in [4.78, 5) is 33.0. The van der Waals surface area contributed by atoms with Gasteiger partial charge in [0.05, 0.1) is 35.7 Å². The van der Waals surface area contributed by atoms with E-state index in [1.165, 1.54) is 0 Å². The van der Waals surface area contributed by atoms with Crippen LogP contribution in [0.15, 0.2) is 23.6 Å². The van der Waals surface area contributed by atoms with Crippen LogP contribution in [0.5, 0.6) is 0 Å². The summed E-state index contributed by atoms with van der Waals surface area (Å²) in [5.41, 5.74) is 7.34. The Labute approximate surface area is 187 Å². The maximum Gasteiger partial charge on any atom is 0.234 e. The van der Waals surface area contributed by atoms with Gasteiger partial charge in [0.1, 0.15) is 5.92 Å². The lowest BCUT2D eigenvalue weighted by molar-refractivity contribution is -0.121. The fourth-order valence-electron chi connectivity index (χ4n) is 3.89. The number of ether oxygens (including phenoxy) is 1. The number of aromatic nitrogens is 1. The Morgan fingerprint density at radius 1 is 1.39 bits per heavy atom. The van der Waals surface area contributed by atoms with Crippen LogP contribution in [0, 0.1) is 10.8 Å². The lowest BCUT2D eigenvalue weighted by Crippen LogP contribution is -2.62. The van der Waals surface area contributed by atoms with Crippen molar-refractivity contribution in [3.8, 4) is 0 Å². The van der Waals surface area contributed by atoms with Crippen LogP contribution in [-0.4, -0.2) is 93.0 Å². The number of pyridine rings is 1. The first kappa shape index (κ1) is 23.8. The fraction of sp³-hybridized carbons (Fsp3) is 0.684. The minimum Gasteiger partial charge on any atom is -0.383 e. The van der Waals surface area contributed by atoms with Crippen LogP contribution in [0.3, 0.4) is 0 Å². The number of nitrogens with two attached hydrogens (primary N) is 1. The molecule has 1 amide bonds. The van der Waals surface area contributed by atoms with E-state index >= 15 is 0 Å². The molecular formula is C19H31ClN8O3. The molecule has 0 bridgehead atoms. The van der Waals surface area contributed by atoms with Gasteiger partial charge in [0.25, 0.3) is 0 Å². The normalized spacial score (nSPS) is 24.4. The smallest absolute Gasteiger partial charge is 0.234 e. The van der Waals surface area contributed by atoms with Gasteiger partial charge in [-0.3, -0.25) is 25.3 Å². The number of amides is 1. The third-order valence-electron chi connectivity index (χ3n) is 5.65. The maximum atomic E-state index is 13.1. The topological polar surface area (TPSA) is 137 Å². The average molecular weight is 455 g/mol. The first-order valence-corrected chi connectivity index (χ1v) is 10.9. The number of hydrogen-bond acceptors (Lipinski definition) is 10. The van der Waals surface area contributed by atoms with Crippen LogP contribution < -0.4 is 26.6 Å². The average Bonchev–Trinajstić information content (AvgIpc) is 2.79. The van der Waals surface area contributed by atoms with Crippen molar-refractivity contribution in [2.45, 2.75) is 17.7 Å². The fourth-order valence-corrected chi connectivity index (χ4v) is 4.06. The zero-order valence-electron chi connectivity index (χ0n) is 17.7. The molecule has 2 aliphatic rings. The number of nitroso groups, excluding NO2 is 1. The highest BCUT2D eigenvalue weighted by Crippen LogP contribution is 2.27. The quantitative estimate of drug-likeness (QED) is 0.289. The second kappa shape index (κ2) is 11.7. The summed E-state index contributed by atoms with van der Waals surface area (Å²) in [6.45, 7) is 6.04. The Balaban J connectivity index is 1.68. The second-order valence-electron chi connectivity index (χ2n) is 7.72. The lowest BCUT2D eigenvalue weighted by atomic mass is 9.99. The highest BCUT2D eigenvalue weighted by molar-refractivity contribution is 6.21. The molecule has 0 aromatic carbocycles. The molecule has 11 nitrogen and oxygen atoms in total. The molecule has 1 aromatic heterocycles. The predicted octanol–water partition coefficient (Wildman–Crippen LogP) is -0.418. The Morgan fingerprint density at radius 3 is 2.74 bits per heavy atom. The third-order valence-corrected chi connectivity index (χ3v) is 5.96. The SMILES string of the molecule is COCCN1CCN(c2ccncc2NC(=O)C(C(N)N=O)C2NCC(Cl)CN2)CC1. The zero-order chi connectivity index (χ0) is 22.2. The van der Waals surface area contributed by atoms with Gasteiger partial charge in [0, 0.05) is 59.1 Å². The molecule has 1 aromatic rings. The van der Waals surface area contributed by atoms with Crippen LogP contribution in [0.1, 0.15) is 0 Å². The monoisotopic (exact) mass is 454 g/mol. The number of hydrogen-bond donors (Lipinski definition) is 4. The highest BCUT2D eigenvalue weighted by atomic mass is 35.5. The number of piperazine rings is 1. The van der Waals surface area contributed by atoms with Gasteiger partial charge in [0.2, 0.25) is 5.91 Å². The van der Waals surface area contributed by atoms with Crippen molar-refractivity contribution in [1.82, 2.24) is 20.5 Å². The number of nitrogens with one attached hydrogen (secondary N) is 3. The number of alkyl halides is 1. The van der Waals surface area contributed by atoms with Crippen LogP contribution in [0.2, 0.25) is 0 Å². The largest absolute Gasteiger partial charge is 0.383 e. The summed E-state index contributed by atoms with van der Waals surface area (Å²) in [5, 5.41) is 12.0. The molecule has 5 N–H and O–H groups in total. The Morgan fingerprint density at radius 2 is 2.10 bits per heavy atom. The molecule has 31 heavy (non-hydrogen) atoms. The molecule has 2 saturated heterocycles. The molecule has 3 heterocycles. The van der Waals surface area contributed by atoms with Crippen molar-refractivity contribution in [1.29, 1.82) is 0 Å². The van der Waals surface area contributed by atoms with E-state index in [4.69, 9.17) is 22.1 Å². The summed E-state index contributed by atoms with van der Waals surface area (Å²) >= 11 is 6.09. The van der Waals surface area contributed by atoms with Gasteiger partial charge in [-0.25, -0.2) is 0 Å². The van der Waals surface area contributed by atoms with Gasteiger partial charge in [-0.05, 0) is 6.07 Å². The van der Waals surface area contributed by atoms with E-state index in [2.05, 4.69) is 35.9 Å². The summed E-state index contributed by atoms with van der Waals surface area (Å²) in [6.07, 6.45) is 1.59. The van der Waals surface area contributed by atoms with Crippen LogP contribution >= 0.6 is 11.6 Å². The number of anilines is 2. The van der Waals surface area contributed by atoms with E-state index in [1.807, 2.05) is 6.07 Å². The van der Waals surface area contributed by atoms with Crippen LogP contribution in [0.25, 0.3) is 0 Å². The molecule has 2 unspecified atom stereocenters. The van der Waals surface area contributed by atoms with Gasteiger partial charge in [-0.15, -0.1) is 16.5 Å². The van der Waals surface area contributed by atoms with Crippen molar-refractivity contribution in [2.75, 3.05) is 69.7 Å². The third kappa shape index (κ3) is 6.31. The van der Waals surface area contributed by atoms with Gasteiger partial charge in [0.15, 0.2) is 6.17 Å². The number of halogens is 1. The van der Waals surface area contributed by atoms with E-state index in [0.29, 0.717) is 25.4 Å². The first-order valence-electron chi connectivity index (χ1n) is 10.4. The molecule has 2 fully saturated rings. The molecule has 0 spiro atoms. The molecule has 3 rings (SSSR count). The molecule has 0 radical (unpaired) electrons.